The topological polar surface area (TPSA) is 38.7 Å². The van der Waals surface area contributed by atoms with Crippen molar-refractivity contribution in [3.05, 3.63) is 82.8 Å². The summed E-state index contributed by atoms with van der Waals surface area (Å²) in [7, 11) is 1.63. The molecular formula is C21H15NO2S. The number of thioether (sulfide) groups is 1. The van der Waals surface area contributed by atoms with Crippen LogP contribution < -0.4 is 4.74 Å². The lowest BCUT2D eigenvalue weighted by Crippen LogP contribution is -1.93. The Kier molecular flexibility index (Phi) is 4.12. The normalized spacial score (nSPS) is 15.6. The first-order chi connectivity index (χ1) is 12.2. The molecule has 0 N–H and O–H groups in total. The Hall–Kier alpha value is -2.85. The number of hydrogen-bond acceptors (Lipinski definition) is 3. The Morgan fingerprint density at radius 3 is 2.52 bits per heavy atom. The van der Waals surface area contributed by atoms with Crippen LogP contribution in [0.3, 0.4) is 0 Å². The van der Waals surface area contributed by atoms with Crippen LogP contribution >= 0.6 is 11.8 Å². The van der Waals surface area contributed by atoms with Crippen LogP contribution in [0.15, 0.2) is 76.6 Å². The molecule has 0 atom stereocenters. The van der Waals surface area contributed by atoms with Gasteiger partial charge in [-0.25, -0.2) is 4.99 Å². The fourth-order valence-corrected chi connectivity index (χ4v) is 3.74. The van der Waals surface area contributed by atoms with Gasteiger partial charge in [0, 0.05) is 5.56 Å². The molecule has 4 rings (SSSR count). The largest absolute Gasteiger partial charge is 0.497 e. The number of ether oxygens (including phenoxy) is 1. The zero-order valence-electron chi connectivity index (χ0n) is 13.6. The van der Waals surface area contributed by atoms with Crippen LogP contribution in [-0.2, 0) is 4.79 Å². The summed E-state index contributed by atoms with van der Waals surface area (Å²) >= 11 is 1.42. The van der Waals surface area contributed by atoms with Crippen molar-refractivity contribution in [2.75, 3.05) is 7.11 Å². The summed E-state index contributed by atoms with van der Waals surface area (Å²) in [5, 5.41) is 3.00. The monoisotopic (exact) mass is 345 g/mol. The zero-order valence-corrected chi connectivity index (χ0v) is 14.4. The lowest BCUT2D eigenvalue weighted by molar-refractivity contribution is -0.113. The minimum atomic E-state index is -0.191. The molecule has 1 aliphatic heterocycles. The number of amides is 1. The van der Waals surface area contributed by atoms with Crippen molar-refractivity contribution in [2.45, 2.75) is 0 Å². The number of methoxy groups -OCH3 is 1. The molecule has 1 heterocycles. The second-order valence-corrected chi connectivity index (χ2v) is 6.66. The first-order valence-electron chi connectivity index (χ1n) is 7.89. The smallest absolute Gasteiger partial charge is 0.284 e. The fourth-order valence-electron chi connectivity index (χ4n) is 2.79. The number of aliphatic imine (C=N–C) groups is 1. The fraction of sp³-hybridized carbons (Fsp3) is 0.0476. The minimum Gasteiger partial charge on any atom is -0.497 e. The van der Waals surface area contributed by atoms with Gasteiger partial charge in [-0.2, -0.15) is 0 Å². The molecule has 3 aromatic rings. The summed E-state index contributed by atoms with van der Waals surface area (Å²) in [5.41, 5.74) is 1.95. The highest BCUT2D eigenvalue weighted by Gasteiger charge is 2.23. The maximum Gasteiger partial charge on any atom is 0.284 e. The van der Waals surface area contributed by atoms with Gasteiger partial charge in [-0.3, -0.25) is 4.79 Å². The third-order valence-electron chi connectivity index (χ3n) is 4.05. The minimum absolute atomic E-state index is 0.191. The molecule has 0 bridgehead atoms. The summed E-state index contributed by atoms with van der Waals surface area (Å²) in [4.78, 5) is 17.2. The van der Waals surface area contributed by atoms with E-state index >= 15 is 0 Å². The van der Waals surface area contributed by atoms with Gasteiger partial charge in [-0.05, 0) is 34.5 Å². The molecule has 3 nitrogen and oxygen atoms in total. The Morgan fingerprint density at radius 1 is 0.960 bits per heavy atom. The van der Waals surface area contributed by atoms with E-state index in [4.69, 9.17) is 4.74 Å². The summed E-state index contributed by atoms with van der Waals surface area (Å²) in [6, 6.07) is 21.8. The number of nitrogens with zero attached hydrogens (tertiary/aromatic N) is 1. The number of hydrogen-bond donors (Lipinski definition) is 0. The van der Waals surface area contributed by atoms with E-state index in [0.29, 0.717) is 4.91 Å². The van der Waals surface area contributed by atoms with Gasteiger partial charge in [0.05, 0.1) is 12.0 Å². The van der Waals surface area contributed by atoms with Gasteiger partial charge in [0.25, 0.3) is 5.91 Å². The van der Waals surface area contributed by atoms with Crippen LogP contribution in [0, 0.1) is 0 Å². The van der Waals surface area contributed by atoms with Crippen LogP contribution in [0.1, 0.15) is 11.1 Å². The lowest BCUT2D eigenvalue weighted by atomic mass is 10.1. The molecule has 1 aliphatic rings. The number of rotatable bonds is 3. The summed E-state index contributed by atoms with van der Waals surface area (Å²) in [6.07, 6.45) is 1.87. The van der Waals surface area contributed by atoms with Gasteiger partial charge >= 0.3 is 0 Å². The third-order valence-corrected chi connectivity index (χ3v) is 5.07. The van der Waals surface area contributed by atoms with Crippen molar-refractivity contribution in [1.29, 1.82) is 0 Å². The molecular weight excluding hydrogens is 330 g/mol. The average molecular weight is 345 g/mol. The van der Waals surface area contributed by atoms with Crippen LogP contribution in [-0.4, -0.2) is 18.1 Å². The molecule has 0 unspecified atom stereocenters. The van der Waals surface area contributed by atoms with E-state index < -0.39 is 0 Å². The Morgan fingerprint density at radius 2 is 1.72 bits per heavy atom. The van der Waals surface area contributed by atoms with E-state index in [1.54, 1.807) is 7.11 Å². The van der Waals surface area contributed by atoms with Crippen LogP contribution in [0.4, 0.5) is 0 Å². The summed E-state index contributed by atoms with van der Waals surface area (Å²) < 4.78 is 5.16. The molecule has 0 radical (unpaired) electrons. The number of benzene rings is 3. The van der Waals surface area contributed by atoms with E-state index in [-0.39, 0.29) is 5.91 Å². The first kappa shape index (κ1) is 15.7. The van der Waals surface area contributed by atoms with Gasteiger partial charge < -0.3 is 4.74 Å². The predicted octanol–water partition coefficient (Wildman–Crippen LogP) is 4.91. The van der Waals surface area contributed by atoms with Gasteiger partial charge in [0.2, 0.25) is 0 Å². The van der Waals surface area contributed by atoms with Crippen molar-refractivity contribution >= 4 is 39.6 Å². The second-order valence-electron chi connectivity index (χ2n) is 5.63. The van der Waals surface area contributed by atoms with E-state index in [1.165, 1.54) is 11.8 Å². The van der Waals surface area contributed by atoms with Gasteiger partial charge in [-0.1, -0.05) is 66.4 Å². The van der Waals surface area contributed by atoms with Gasteiger partial charge in [0.15, 0.2) is 0 Å². The summed E-state index contributed by atoms with van der Waals surface area (Å²) in [5.74, 6) is 0.601. The van der Waals surface area contributed by atoms with Crippen molar-refractivity contribution < 1.29 is 9.53 Å². The molecule has 0 aliphatic carbocycles. The lowest BCUT2D eigenvalue weighted by Gasteiger charge is -2.05. The molecule has 3 aromatic carbocycles. The summed E-state index contributed by atoms with van der Waals surface area (Å²) in [6.45, 7) is 0. The highest BCUT2D eigenvalue weighted by molar-refractivity contribution is 8.19. The van der Waals surface area contributed by atoms with Crippen LogP contribution in [0.2, 0.25) is 0 Å². The number of carbonyl (C=O) groups is 1. The predicted molar refractivity (Wildman–Crippen MR) is 104 cm³/mol. The van der Waals surface area contributed by atoms with Crippen molar-refractivity contribution in [3.8, 4) is 5.75 Å². The standard InChI is InChI=1S/C21H15NO2S/c1-24-16-11-9-14(10-12-16)13-19-20(23)22-21(25-19)18-8-4-6-15-5-2-3-7-17(15)18/h2-13H,1H3/b19-13+. The molecule has 4 heteroatoms. The second kappa shape index (κ2) is 6.57. The quantitative estimate of drug-likeness (QED) is 0.633. The highest BCUT2D eigenvalue weighted by Crippen LogP contribution is 2.34. The van der Waals surface area contributed by atoms with E-state index in [1.807, 2.05) is 54.6 Å². The average Bonchev–Trinajstić information content (AvgIpc) is 3.02. The first-order valence-corrected chi connectivity index (χ1v) is 8.71. The molecule has 0 fully saturated rings. The molecule has 25 heavy (non-hydrogen) atoms. The third kappa shape index (κ3) is 3.08. The zero-order chi connectivity index (χ0) is 17.2. The molecule has 122 valence electrons. The van der Waals surface area contributed by atoms with E-state index in [2.05, 4.69) is 23.2 Å². The van der Waals surface area contributed by atoms with Gasteiger partial charge in [-0.15, -0.1) is 0 Å². The van der Waals surface area contributed by atoms with Crippen LogP contribution in [0.25, 0.3) is 16.8 Å². The van der Waals surface area contributed by atoms with Gasteiger partial charge in [0.1, 0.15) is 10.8 Å². The molecule has 0 aromatic heterocycles. The van der Waals surface area contributed by atoms with Crippen molar-refractivity contribution in [1.82, 2.24) is 0 Å². The molecule has 0 saturated heterocycles. The Balaban J connectivity index is 1.66. The van der Waals surface area contributed by atoms with Crippen molar-refractivity contribution in [3.63, 3.8) is 0 Å². The molecule has 0 spiro atoms. The maximum absolute atomic E-state index is 12.3. The van der Waals surface area contributed by atoms with Crippen LogP contribution in [0.5, 0.6) is 5.75 Å². The number of carbonyl (C=O) groups excluding carboxylic acids is 1. The van der Waals surface area contributed by atoms with E-state index in [0.717, 1.165) is 32.7 Å². The Bertz CT molecular complexity index is 1010. The SMILES string of the molecule is COc1ccc(/C=C2/SC(c3cccc4ccccc34)=NC2=O)cc1. The van der Waals surface area contributed by atoms with Crippen molar-refractivity contribution in [2.24, 2.45) is 4.99 Å². The Labute approximate surface area is 150 Å². The van der Waals surface area contributed by atoms with E-state index in [9.17, 15) is 4.79 Å². The number of fused-ring (bicyclic) bond motifs is 1. The molecule has 0 saturated carbocycles. The maximum atomic E-state index is 12.3. The highest BCUT2D eigenvalue weighted by atomic mass is 32.2. The molecule has 1 amide bonds.